The topological polar surface area (TPSA) is 248 Å². The molecule has 0 bridgehead atoms. The fraction of sp³-hybridized carbons (Fsp3) is 1.00. The van der Waals surface area contributed by atoms with Gasteiger partial charge in [0, 0.05) is 6.42 Å². The molecule has 194 valence electrons. The molecule has 0 aromatic carbocycles. The first kappa shape index (κ1) is 27.0. The van der Waals surface area contributed by atoms with Gasteiger partial charge in [0.25, 0.3) is 0 Å². The molecular weight excluding hydrogens is 456 g/mol. The lowest BCUT2D eigenvalue weighted by molar-refractivity contribution is -0.377. The third-order valence-electron chi connectivity index (χ3n) is 6.01. The summed E-state index contributed by atoms with van der Waals surface area (Å²) in [5.74, 6) is -1.87. The molecule has 13 atom stereocenters. The Morgan fingerprint density at radius 3 is 1.76 bits per heavy atom. The molecule has 15 nitrogen and oxygen atoms in total. The van der Waals surface area contributed by atoms with Crippen LogP contribution in [0.15, 0.2) is 0 Å². The minimum Gasteiger partial charge on any atom is -0.394 e. The SMILES string of the molecule is OCC1O[C@H](OCC2O[C@@H](O[C@@]3(CO)C[C@H](O)[C@@H](CO)O3)C(O)C(O)[C@@H]2O)C(O)C(O)[C@H]1O. The standard InChI is InChI=1S/C18H32O15/c19-2-7-6(22)1-18(5-21,32-7)33-17-15(28)13(26)11(24)9(31-17)4-29-16-14(27)12(25)10(23)8(3-20)30-16/h6-17,19-28H,1-5H2/t6-,7+,8?,9?,10-,11+,12?,13?,14?,15?,16-,17-,18+/m0/s1. The Hall–Kier alpha value is -0.600. The molecule has 3 aliphatic rings. The van der Waals surface area contributed by atoms with Gasteiger partial charge in [0.1, 0.15) is 54.9 Å². The van der Waals surface area contributed by atoms with Crippen molar-refractivity contribution in [3.8, 4) is 0 Å². The number of aliphatic hydroxyl groups excluding tert-OH is 10. The van der Waals surface area contributed by atoms with Crippen molar-refractivity contribution in [2.24, 2.45) is 0 Å². The maximum absolute atomic E-state index is 10.3. The van der Waals surface area contributed by atoms with Crippen LogP contribution in [0.25, 0.3) is 0 Å². The molecule has 0 spiro atoms. The molecule has 3 heterocycles. The van der Waals surface area contributed by atoms with E-state index in [2.05, 4.69) is 0 Å². The average Bonchev–Trinajstić information content (AvgIpc) is 3.13. The fourth-order valence-corrected chi connectivity index (χ4v) is 3.98. The Bertz CT molecular complexity index is 624. The van der Waals surface area contributed by atoms with Crippen LogP contribution < -0.4 is 0 Å². The number of rotatable bonds is 8. The molecule has 6 unspecified atom stereocenters. The van der Waals surface area contributed by atoms with Crippen molar-refractivity contribution in [1.82, 2.24) is 0 Å². The zero-order valence-electron chi connectivity index (χ0n) is 17.5. The summed E-state index contributed by atoms with van der Waals surface area (Å²) in [5.41, 5.74) is 0. The van der Waals surface area contributed by atoms with Crippen LogP contribution in [-0.4, -0.2) is 157 Å². The van der Waals surface area contributed by atoms with E-state index in [9.17, 15) is 51.1 Å². The Balaban J connectivity index is 1.66. The third-order valence-corrected chi connectivity index (χ3v) is 6.01. The number of hydrogen-bond donors (Lipinski definition) is 10. The van der Waals surface area contributed by atoms with Gasteiger partial charge in [-0.25, -0.2) is 0 Å². The van der Waals surface area contributed by atoms with E-state index in [1.54, 1.807) is 0 Å². The number of ether oxygens (including phenoxy) is 5. The van der Waals surface area contributed by atoms with Crippen molar-refractivity contribution >= 4 is 0 Å². The Morgan fingerprint density at radius 1 is 0.667 bits per heavy atom. The lowest BCUT2D eigenvalue weighted by Gasteiger charge is -2.44. The van der Waals surface area contributed by atoms with Gasteiger partial charge in [0.2, 0.25) is 0 Å². The highest BCUT2D eigenvalue weighted by atomic mass is 16.8. The van der Waals surface area contributed by atoms with E-state index in [1.807, 2.05) is 0 Å². The van der Waals surface area contributed by atoms with Crippen LogP contribution in [0.2, 0.25) is 0 Å². The van der Waals surface area contributed by atoms with E-state index in [1.165, 1.54) is 0 Å². The molecule has 3 rings (SSSR count). The van der Waals surface area contributed by atoms with Crippen molar-refractivity contribution in [1.29, 1.82) is 0 Å². The van der Waals surface area contributed by atoms with Crippen molar-refractivity contribution in [2.45, 2.75) is 85.8 Å². The van der Waals surface area contributed by atoms with E-state index in [4.69, 9.17) is 23.7 Å². The summed E-state index contributed by atoms with van der Waals surface area (Å²) in [6.07, 6.45) is -18.7. The average molecular weight is 488 g/mol. The molecule has 0 aliphatic carbocycles. The van der Waals surface area contributed by atoms with Crippen molar-refractivity contribution in [3.05, 3.63) is 0 Å². The zero-order valence-corrected chi connectivity index (χ0v) is 17.5. The van der Waals surface area contributed by atoms with Gasteiger partial charge in [0.15, 0.2) is 18.4 Å². The summed E-state index contributed by atoms with van der Waals surface area (Å²) < 4.78 is 26.8. The Morgan fingerprint density at radius 2 is 1.21 bits per heavy atom. The smallest absolute Gasteiger partial charge is 0.197 e. The van der Waals surface area contributed by atoms with Crippen LogP contribution in [0.1, 0.15) is 6.42 Å². The van der Waals surface area contributed by atoms with Crippen LogP contribution in [-0.2, 0) is 23.7 Å². The molecule has 0 amide bonds. The molecule has 0 saturated carbocycles. The van der Waals surface area contributed by atoms with Gasteiger partial charge in [-0.2, -0.15) is 0 Å². The molecule has 3 aliphatic heterocycles. The molecule has 3 saturated heterocycles. The summed E-state index contributed by atoms with van der Waals surface area (Å²) >= 11 is 0. The number of aliphatic hydroxyl groups is 10. The number of hydrogen-bond acceptors (Lipinski definition) is 15. The van der Waals surface area contributed by atoms with Gasteiger partial charge >= 0.3 is 0 Å². The van der Waals surface area contributed by atoms with Crippen molar-refractivity contribution in [3.63, 3.8) is 0 Å². The molecule has 0 aromatic rings. The summed E-state index contributed by atoms with van der Waals surface area (Å²) in [6, 6.07) is 0. The second kappa shape index (κ2) is 11.0. The van der Waals surface area contributed by atoms with Crippen LogP contribution in [0, 0.1) is 0 Å². The first-order valence-corrected chi connectivity index (χ1v) is 10.4. The van der Waals surface area contributed by atoms with E-state index < -0.39 is 106 Å². The maximum Gasteiger partial charge on any atom is 0.197 e. The summed E-state index contributed by atoms with van der Waals surface area (Å²) in [5, 5.41) is 98.6. The van der Waals surface area contributed by atoms with Gasteiger partial charge in [-0.15, -0.1) is 0 Å². The summed E-state index contributed by atoms with van der Waals surface area (Å²) in [6.45, 7) is -2.62. The predicted octanol–water partition coefficient (Wildman–Crippen LogP) is -6.54. The van der Waals surface area contributed by atoms with Gasteiger partial charge in [-0.05, 0) is 0 Å². The molecule has 3 fully saturated rings. The van der Waals surface area contributed by atoms with Crippen LogP contribution in [0.5, 0.6) is 0 Å². The highest BCUT2D eigenvalue weighted by molar-refractivity contribution is 4.94. The van der Waals surface area contributed by atoms with Gasteiger partial charge in [-0.1, -0.05) is 0 Å². The highest BCUT2D eigenvalue weighted by Gasteiger charge is 2.53. The first-order chi connectivity index (χ1) is 15.6. The monoisotopic (exact) mass is 488 g/mol. The molecule has 33 heavy (non-hydrogen) atoms. The largest absolute Gasteiger partial charge is 0.394 e. The van der Waals surface area contributed by atoms with E-state index in [0.29, 0.717) is 0 Å². The lowest BCUT2D eigenvalue weighted by Crippen LogP contribution is -2.62. The molecule has 10 N–H and O–H groups in total. The normalized spacial score (nSPS) is 51.1. The lowest BCUT2D eigenvalue weighted by atomic mass is 9.98. The van der Waals surface area contributed by atoms with Gasteiger partial charge in [0.05, 0.1) is 32.5 Å². The highest BCUT2D eigenvalue weighted by Crippen LogP contribution is 2.35. The quantitative estimate of drug-likeness (QED) is 0.152. The van der Waals surface area contributed by atoms with Crippen molar-refractivity contribution < 1.29 is 74.7 Å². The van der Waals surface area contributed by atoms with Gasteiger partial charge < -0.3 is 74.7 Å². The van der Waals surface area contributed by atoms with E-state index in [0.717, 1.165) is 0 Å². The van der Waals surface area contributed by atoms with Crippen LogP contribution in [0.3, 0.4) is 0 Å². The van der Waals surface area contributed by atoms with Crippen molar-refractivity contribution in [2.75, 3.05) is 26.4 Å². The summed E-state index contributed by atoms with van der Waals surface area (Å²) in [7, 11) is 0. The van der Waals surface area contributed by atoms with E-state index in [-0.39, 0.29) is 6.42 Å². The van der Waals surface area contributed by atoms with Gasteiger partial charge in [-0.3, -0.25) is 0 Å². The summed E-state index contributed by atoms with van der Waals surface area (Å²) in [4.78, 5) is 0. The Labute approximate surface area is 187 Å². The maximum atomic E-state index is 10.3. The zero-order chi connectivity index (χ0) is 24.5. The third kappa shape index (κ3) is 5.48. The minimum absolute atomic E-state index is 0.286. The second-order valence-electron chi connectivity index (χ2n) is 8.34. The minimum atomic E-state index is -1.87. The first-order valence-electron chi connectivity index (χ1n) is 10.4. The molecule has 0 radical (unpaired) electrons. The van der Waals surface area contributed by atoms with Crippen LogP contribution in [0.4, 0.5) is 0 Å². The molecular formula is C18H32O15. The van der Waals surface area contributed by atoms with Crippen LogP contribution >= 0.6 is 0 Å². The molecule has 0 aromatic heterocycles. The fourth-order valence-electron chi connectivity index (χ4n) is 3.98. The Kier molecular flexibility index (Phi) is 8.99. The van der Waals surface area contributed by atoms with E-state index >= 15 is 0 Å². The predicted molar refractivity (Wildman–Crippen MR) is 99.9 cm³/mol. The second-order valence-corrected chi connectivity index (χ2v) is 8.34. The molecule has 15 heteroatoms.